The standard InChI is InChI=1S/C16H23FN4O.HI/c1-11(10-22-3)21-16(18-2)19-7-6-12-9-20-15-8-13(17)4-5-14(12)15;/h4-5,8-9,11,20H,6-7,10H2,1-3H3,(H2,18,19,21);1H. The number of ether oxygens (including phenoxy) is 1. The number of aromatic amines is 1. The molecule has 0 saturated heterocycles. The normalized spacial score (nSPS) is 12.8. The number of hydrogen-bond acceptors (Lipinski definition) is 2. The van der Waals surface area contributed by atoms with E-state index in [0.717, 1.165) is 35.4 Å². The molecule has 3 N–H and O–H groups in total. The molecule has 128 valence electrons. The number of nitrogens with zero attached hydrogens (tertiary/aromatic N) is 1. The van der Waals surface area contributed by atoms with E-state index in [1.807, 2.05) is 19.2 Å². The molecule has 2 rings (SSSR count). The van der Waals surface area contributed by atoms with E-state index in [9.17, 15) is 4.39 Å². The molecular formula is C16H24FIN4O. The van der Waals surface area contributed by atoms with Crippen molar-refractivity contribution in [3.8, 4) is 0 Å². The first-order valence-corrected chi connectivity index (χ1v) is 7.35. The van der Waals surface area contributed by atoms with Crippen molar-refractivity contribution in [3.05, 3.63) is 35.8 Å². The van der Waals surface area contributed by atoms with Gasteiger partial charge in [0.05, 0.1) is 6.61 Å². The van der Waals surface area contributed by atoms with Crippen LogP contribution in [0.3, 0.4) is 0 Å². The van der Waals surface area contributed by atoms with Crippen molar-refractivity contribution in [1.82, 2.24) is 15.6 Å². The molecule has 0 aliphatic rings. The van der Waals surface area contributed by atoms with Gasteiger partial charge in [0.1, 0.15) is 5.82 Å². The van der Waals surface area contributed by atoms with E-state index < -0.39 is 0 Å². The van der Waals surface area contributed by atoms with Gasteiger partial charge in [-0.2, -0.15) is 0 Å². The van der Waals surface area contributed by atoms with Crippen LogP contribution in [0.5, 0.6) is 0 Å². The first-order chi connectivity index (χ1) is 10.6. The molecule has 0 radical (unpaired) electrons. The monoisotopic (exact) mass is 434 g/mol. The number of aliphatic imine (C=N–C) groups is 1. The van der Waals surface area contributed by atoms with E-state index in [4.69, 9.17) is 4.74 Å². The number of halogens is 2. The lowest BCUT2D eigenvalue weighted by atomic mass is 10.1. The van der Waals surface area contributed by atoms with Gasteiger partial charge in [0.2, 0.25) is 0 Å². The number of nitrogens with one attached hydrogen (secondary N) is 3. The lowest BCUT2D eigenvalue weighted by molar-refractivity contribution is 0.179. The van der Waals surface area contributed by atoms with Crippen LogP contribution in [0.1, 0.15) is 12.5 Å². The molecule has 0 aliphatic heterocycles. The van der Waals surface area contributed by atoms with E-state index in [-0.39, 0.29) is 35.8 Å². The number of fused-ring (bicyclic) bond motifs is 1. The van der Waals surface area contributed by atoms with Gasteiger partial charge in [-0.05, 0) is 37.1 Å². The fourth-order valence-electron chi connectivity index (χ4n) is 2.40. The highest BCUT2D eigenvalue weighted by Gasteiger charge is 2.07. The second-order valence-electron chi connectivity index (χ2n) is 5.25. The zero-order valence-corrected chi connectivity index (χ0v) is 16.0. The Kier molecular flexibility index (Phi) is 8.32. The Morgan fingerprint density at radius 1 is 1.43 bits per heavy atom. The third kappa shape index (κ3) is 5.65. The molecule has 0 spiro atoms. The first-order valence-electron chi connectivity index (χ1n) is 7.35. The summed E-state index contributed by atoms with van der Waals surface area (Å²) in [6.07, 6.45) is 2.75. The van der Waals surface area contributed by atoms with E-state index in [1.54, 1.807) is 14.2 Å². The number of aromatic nitrogens is 1. The van der Waals surface area contributed by atoms with Crippen LogP contribution in [0.4, 0.5) is 4.39 Å². The van der Waals surface area contributed by atoms with Crippen molar-refractivity contribution >= 4 is 40.8 Å². The highest BCUT2D eigenvalue weighted by molar-refractivity contribution is 14.0. The van der Waals surface area contributed by atoms with E-state index in [2.05, 4.69) is 20.6 Å². The van der Waals surface area contributed by atoms with Crippen molar-refractivity contribution in [2.75, 3.05) is 27.3 Å². The van der Waals surface area contributed by atoms with E-state index in [0.29, 0.717) is 6.61 Å². The summed E-state index contributed by atoms with van der Waals surface area (Å²) in [6.45, 7) is 3.39. The minimum atomic E-state index is -0.226. The molecule has 0 saturated carbocycles. The van der Waals surface area contributed by atoms with Gasteiger partial charge in [0, 0.05) is 43.8 Å². The summed E-state index contributed by atoms with van der Waals surface area (Å²) < 4.78 is 18.3. The van der Waals surface area contributed by atoms with Crippen LogP contribution in [-0.4, -0.2) is 44.3 Å². The third-order valence-electron chi connectivity index (χ3n) is 3.44. The summed E-state index contributed by atoms with van der Waals surface area (Å²) in [7, 11) is 3.41. The molecule has 0 bridgehead atoms. The molecule has 1 atom stereocenters. The summed E-state index contributed by atoms with van der Waals surface area (Å²) >= 11 is 0. The molecule has 1 aromatic heterocycles. The molecule has 1 heterocycles. The highest BCUT2D eigenvalue weighted by Crippen LogP contribution is 2.19. The number of methoxy groups -OCH3 is 1. The fourth-order valence-corrected chi connectivity index (χ4v) is 2.40. The minimum absolute atomic E-state index is 0. The maximum absolute atomic E-state index is 13.2. The fraction of sp³-hybridized carbons (Fsp3) is 0.438. The average Bonchev–Trinajstić information content (AvgIpc) is 2.88. The topological polar surface area (TPSA) is 61.4 Å². The van der Waals surface area contributed by atoms with E-state index >= 15 is 0 Å². The molecule has 1 unspecified atom stereocenters. The molecule has 5 nitrogen and oxygen atoms in total. The predicted molar refractivity (Wildman–Crippen MR) is 103 cm³/mol. The largest absolute Gasteiger partial charge is 0.383 e. The number of guanidine groups is 1. The summed E-state index contributed by atoms with van der Waals surface area (Å²) in [5, 5.41) is 7.57. The smallest absolute Gasteiger partial charge is 0.191 e. The third-order valence-corrected chi connectivity index (χ3v) is 3.44. The van der Waals surface area contributed by atoms with Crippen LogP contribution in [0.15, 0.2) is 29.4 Å². The molecule has 23 heavy (non-hydrogen) atoms. The van der Waals surface area contributed by atoms with Crippen LogP contribution in [-0.2, 0) is 11.2 Å². The second kappa shape index (κ2) is 9.71. The van der Waals surface area contributed by atoms with Gasteiger partial charge in [-0.1, -0.05) is 0 Å². The molecule has 0 fully saturated rings. The van der Waals surface area contributed by atoms with Gasteiger partial charge in [-0.25, -0.2) is 4.39 Å². The van der Waals surface area contributed by atoms with Gasteiger partial charge < -0.3 is 20.4 Å². The zero-order chi connectivity index (χ0) is 15.9. The lowest BCUT2D eigenvalue weighted by Crippen LogP contribution is -2.44. The van der Waals surface area contributed by atoms with Crippen molar-refractivity contribution in [3.63, 3.8) is 0 Å². The minimum Gasteiger partial charge on any atom is -0.383 e. The summed E-state index contributed by atoms with van der Waals surface area (Å²) in [5.41, 5.74) is 1.98. The van der Waals surface area contributed by atoms with Gasteiger partial charge in [-0.3, -0.25) is 4.99 Å². The molecule has 0 aliphatic carbocycles. The van der Waals surface area contributed by atoms with Crippen LogP contribution >= 0.6 is 24.0 Å². The Bertz CT molecular complexity index is 644. The highest BCUT2D eigenvalue weighted by atomic mass is 127. The summed E-state index contributed by atoms with van der Waals surface area (Å²) in [4.78, 5) is 7.28. The molecule has 2 aromatic rings. The van der Waals surface area contributed by atoms with Gasteiger partial charge in [-0.15, -0.1) is 24.0 Å². The maximum atomic E-state index is 13.2. The summed E-state index contributed by atoms with van der Waals surface area (Å²) in [5.74, 6) is 0.520. The lowest BCUT2D eigenvalue weighted by Gasteiger charge is -2.17. The van der Waals surface area contributed by atoms with Crippen LogP contribution in [0.2, 0.25) is 0 Å². The first kappa shape index (κ1) is 19.7. The summed E-state index contributed by atoms with van der Waals surface area (Å²) in [6, 6.07) is 5.00. The number of benzene rings is 1. The quantitative estimate of drug-likeness (QED) is 0.372. The Labute approximate surface area is 153 Å². The molecule has 1 aromatic carbocycles. The Balaban J connectivity index is 0.00000264. The predicted octanol–water partition coefficient (Wildman–Crippen LogP) is 2.67. The van der Waals surface area contributed by atoms with Crippen molar-refractivity contribution in [2.45, 2.75) is 19.4 Å². The SMILES string of the molecule is CN=C(NCCc1c[nH]c2cc(F)ccc12)NC(C)COC.I. The number of rotatable bonds is 6. The van der Waals surface area contributed by atoms with Crippen LogP contribution in [0, 0.1) is 5.82 Å². The molecule has 0 amide bonds. The molecular weight excluding hydrogens is 410 g/mol. The van der Waals surface area contributed by atoms with Gasteiger partial charge in [0.15, 0.2) is 5.96 Å². The molecule has 7 heteroatoms. The Morgan fingerprint density at radius 2 is 2.22 bits per heavy atom. The second-order valence-corrected chi connectivity index (χ2v) is 5.25. The van der Waals surface area contributed by atoms with Crippen molar-refractivity contribution < 1.29 is 9.13 Å². The Hall–Kier alpha value is -1.35. The number of H-pyrrole nitrogens is 1. The van der Waals surface area contributed by atoms with Crippen LogP contribution in [0.25, 0.3) is 10.9 Å². The van der Waals surface area contributed by atoms with Crippen molar-refractivity contribution in [2.24, 2.45) is 4.99 Å². The van der Waals surface area contributed by atoms with Gasteiger partial charge >= 0.3 is 0 Å². The van der Waals surface area contributed by atoms with E-state index in [1.165, 1.54) is 12.1 Å². The zero-order valence-electron chi connectivity index (χ0n) is 13.6. The Morgan fingerprint density at radius 3 is 2.91 bits per heavy atom. The maximum Gasteiger partial charge on any atom is 0.191 e. The van der Waals surface area contributed by atoms with Crippen molar-refractivity contribution in [1.29, 1.82) is 0 Å². The van der Waals surface area contributed by atoms with Gasteiger partial charge in [0.25, 0.3) is 0 Å². The number of hydrogen-bond donors (Lipinski definition) is 3. The average molecular weight is 434 g/mol. The van der Waals surface area contributed by atoms with Crippen LogP contribution < -0.4 is 10.6 Å².